The highest BCUT2D eigenvalue weighted by Crippen LogP contribution is 2.31. The minimum absolute atomic E-state index is 0.554. The highest BCUT2D eigenvalue weighted by molar-refractivity contribution is 9.10. The molecule has 0 heterocycles. The minimum atomic E-state index is 0.554. The lowest BCUT2D eigenvalue weighted by Gasteiger charge is -2.12. The molecule has 1 N–H and O–H groups in total. The van der Waals surface area contributed by atoms with Gasteiger partial charge in [-0.15, -0.1) is 0 Å². The molecule has 2 nitrogen and oxygen atoms in total. The zero-order valence-electron chi connectivity index (χ0n) is 10.9. The lowest BCUT2D eigenvalue weighted by Crippen LogP contribution is -2.12. The average molecular weight is 375 g/mol. The third-order valence-electron chi connectivity index (χ3n) is 2.65. The van der Waals surface area contributed by atoms with Crippen molar-refractivity contribution in [2.45, 2.75) is 13.5 Å². The van der Waals surface area contributed by atoms with E-state index in [1.807, 2.05) is 18.2 Å². The number of rotatable bonds is 5. The Labute approximate surface area is 137 Å². The minimum Gasteiger partial charge on any atom is -0.457 e. The molecule has 0 amide bonds. The van der Waals surface area contributed by atoms with Crippen LogP contribution in [0.2, 0.25) is 10.0 Å². The molecule has 106 valence electrons. The van der Waals surface area contributed by atoms with Crippen LogP contribution in [-0.4, -0.2) is 6.54 Å². The van der Waals surface area contributed by atoms with Gasteiger partial charge in [0.2, 0.25) is 0 Å². The second-order valence-corrected chi connectivity index (χ2v) is 6.03. The van der Waals surface area contributed by atoms with E-state index in [2.05, 4.69) is 28.2 Å². The highest BCUT2D eigenvalue weighted by Gasteiger charge is 2.07. The van der Waals surface area contributed by atoms with E-state index >= 15 is 0 Å². The van der Waals surface area contributed by atoms with E-state index in [-0.39, 0.29) is 0 Å². The molecule has 0 aliphatic carbocycles. The first-order chi connectivity index (χ1) is 9.58. The monoisotopic (exact) mass is 373 g/mol. The molecule has 0 radical (unpaired) electrons. The fraction of sp³-hybridized carbons (Fsp3) is 0.200. The molecule has 0 bridgehead atoms. The largest absolute Gasteiger partial charge is 0.457 e. The SMILES string of the molecule is CCNCc1cc(Br)ccc1Oc1cc(Cl)cc(Cl)c1. The molecule has 0 aliphatic rings. The maximum atomic E-state index is 5.98. The van der Waals surface area contributed by atoms with Gasteiger partial charge in [0.05, 0.1) is 0 Å². The van der Waals surface area contributed by atoms with E-state index in [0.29, 0.717) is 15.8 Å². The number of nitrogens with one attached hydrogen (secondary N) is 1. The van der Waals surface area contributed by atoms with Gasteiger partial charge in [-0.2, -0.15) is 0 Å². The summed E-state index contributed by atoms with van der Waals surface area (Å²) in [5.74, 6) is 1.41. The fourth-order valence-electron chi connectivity index (χ4n) is 1.76. The maximum absolute atomic E-state index is 5.98. The summed E-state index contributed by atoms with van der Waals surface area (Å²) in [4.78, 5) is 0. The number of ether oxygens (including phenoxy) is 1. The number of benzene rings is 2. The summed E-state index contributed by atoms with van der Waals surface area (Å²) in [5.41, 5.74) is 1.07. The van der Waals surface area contributed by atoms with Crippen molar-refractivity contribution in [1.82, 2.24) is 5.32 Å². The average Bonchev–Trinajstić information content (AvgIpc) is 2.38. The molecule has 0 unspecified atom stereocenters. The topological polar surface area (TPSA) is 21.3 Å². The second kappa shape index (κ2) is 7.32. The first kappa shape index (κ1) is 15.6. The molecule has 5 heteroatoms. The van der Waals surface area contributed by atoms with Crippen molar-refractivity contribution >= 4 is 39.1 Å². The number of hydrogen-bond acceptors (Lipinski definition) is 2. The van der Waals surface area contributed by atoms with Crippen LogP contribution >= 0.6 is 39.1 Å². The standard InChI is InChI=1S/C15H14BrCl2NO/c1-2-19-9-10-5-11(16)3-4-15(10)20-14-7-12(17)6-13(18)8-14/h3-8,19H,2,9H2,1H3. The zero-order valence-corrected chi connectivity index (χ0v) is 14.0. The van der Waals surface area contributed by atoms with E-state index < -0.39 is 0 Å². The molecule has 0 spiro atoms. The van der Waals surface area contributed by atoms with Crippen LogP contribution in [0.5, 0.6) is 11.5 Å². The Morgan fingerprint density at radius 1 is 1.10 bits per heavy atom. The van der Waals surface area contributed by atoms with Gasteiger partial charge in [-0.1, -0.05) is 46.1 Å². The summed E-state index contributed by atoms with van der Waals surface area (Å²) in [7, 11) is 0. The lowest BCUT2D eigenvalue weighted by atomic mass is 10.2. The van der Waals surface area contributed by atoms with Gasteiger partial charge in [0.1, 0.15) is 11.5 Å². The predicted octanol–water partition coefficient (Wildman–Crippen LogP) is 5.66. The zero-order chi connectivity index (χ0) is 14.5. The quantitative estimate of drug-likeness (QED) is 0.729. The van der Waals surface area contributed by atoms with E-state index in [0.717, 1.165) is 28.9 Å². The van der Waals surface area contributed by atoms with E-state index in [1.165, 1.54) is 0 Å². The van der Waals surface area contributed by atoms with Gasteiger partial charge in [0.15, 0.2) is 0 Å². The Bertz CT molecular complexity index is 584. The Hall–Kier alpha value is -0.740. The Morgan fingerprint density at radius 3 is 2.45 bits per heavy atom. The summed E-state index contributed by atoms with van der Waals surface area (Å²) in [6.07, 6.45) is 0. The Kier molecular flexibility index (Phi) is 5.73. The maximum Gasteiger partial charge on any atom is 0.131 e. The molecule has 20 heavy (non-hydrogen) atoms. The Balaban J connectivity index is 2.27. The van der Waals surface area contributed by atoms with Gasteiger partial charge in [0.25, 0.3) is 0 Å². The van der Waals surface area contributed by atoms with Crippen molar-refractivity contribution in [1.29, 1.82) is 0 Å². The smallest absolute Gasteiger partial charge is 0.131 e. The number of halogens is 3. The van der Waals surface area contributed by atoms with Crippen LogP contribution in [0.1, 0.15) is 12.5 Å². The van der Waals surface area contributed by atoms with Crippen molar-refractivity contribution < 1.29 is 4.74 Å². The van der Waals surface area contributed by atoms with Crippen molar-refractivity contribution in [3.63, 3.8) is 0 Å². The lowest BCUT2D eigenvalue weighted by molar-refractivity contribution is 0.473. The molecule has 2 aromatic carbocycles. The van der Waals surface area contributed by atoms with Gasteiger partial charge in [-0.3, -0.25) is 0 Å². The molecular weight excluding hydrogens is 361 g/mol. The van der Waals surface area contributed by atoms with Crippen LogP contribution in [0, 0.1) is 0 Å². The van der Waals surface area contributed by atoms with Gasteiger partial charge >= 0.3 is 0 Å². The van der Waals surface area contributed by atoms with Crippen LogP contribution < -0.4 is 10.1 Å². The van der Waals surface area contributed by atoms with Crippen molar-refractivity contribution in [3.05, 3.63) is 56.5 Å². The molecule has 0 aliphatic heterocycles. The third-order valence-corrected chi connectivity index (χ3v) is 3.58. The van der Waals surface area contributed by atoms with Crippen LogP contribution in [0.15, 0.2) is 40.9 Å². The van der Waals surface area contributed by atoms with Crippen molar-refractivity contribution in [3.8, 4) is 11.5 Å². The van der Waals surface area contributed by atoms with E-state index in [4.69, 9.17) is 27.9 Å². The van der Waals surface area contributed by atoms with Gasteiger partial charge in [-0.25, -0.2) is 0 Å². The van der Waals surface area contributed by atoms with E-state index in [1.54, 1.807) is 18.2 Å². The van der Waals surface area contributed by atoms with Gasteiger partial charge < -0.3 is 10.1 Å². The van der Waals surface area contributed by atoms with Crippen LogP contribution in [0.3, 0.4) is 0 Å². The summed E-state index contributed by atoms with van der Waals surface area (Å²) >= 11 is 15.4. The fourth-order valence-corrected chi connectivity index (χ4v) is 2.67. The molecule has 0 saturated carbocycles. The molecule has 0 aromatic heterocycles. The molecule has 0 fully saturated rings. The number of hydrogen-bond donors (Lipinski definition) is 1. The van der Waals surface area contributed by atoms with Crippen LogP contribution in [0.25, 0.3) is 0 Å². The summed E-state index contributed by atoms with van der Waals surface area (Å²) in [5, 5.41) is 4.39. The molecule has 2 aromatic rings. The first-order valence-corrected chi connectivity index (χ1v) is 7.76. The summed E-state index contributed by atoms with van der Waals surface area (Å²) < 4.78 is 6.91. The normalized spacial score (nSPS) is 10.6. The van der Waals surface area contributed by atoms with Gasteiger partial charge in [0, 0.05) is 26.6 Å². The predicted molar refractivity (Wildman–Crippen MR) is 88.1 cm³/mol. The molecule has 2 rings (SSSR count). The summed E-state index contributed by atoms with van der Waals surface area (Å²) in [6.45, 7) is 3.70. The first-order valence-electron chi connectivity index (χ1n) is 6.21. The van der Waals surface area contributed by atoms with Crippen LogP contribution in [-0.2, 0) is 6.54 Å². The molecule has 0 atom stereocenters. The van der Waals surface area contributed by atoms with Crippen LogP contribution in [0.4, 0.5) is 0 Å². The Morgan fingerprint density at radius 2 is 1.80 bits per heavy atom. The van der Waals surface area contributed by atoms with Crippen molar-refractivity contribution in [2.75, 3.05) is 6.54 Å². The summed E-state index contributed by atoms with van der Waals surface area (Å²) in [6, 6.07) is 11.1. The third kappa shape index (κ3) is 4.38. The van der Waals surface area contributed by atoms with Gasteiger partial charge in [-0.05, 0) is 42.9 Å². The molecular formula is C15H14BrCl2NO. The van der Waals surface area contributed by atoms with Crippen molar-refractivity contribution in [2.24, 2.45) is 0 Å². The second-order valence-electron chi connectivity index (χ2n) is 4.24. The van der Waals surface area contributed by atoms with E-state index in [9.17, 15) is 0 Å². The molecule has 0 saturated heterocycles. The highest BCUT2D eigenvalue weighted by atomic mass is 79.9.